The number of anilines is 1. The summed E-state index contributed by atoms with van der Waals surface area (Å²) in [5.41, 5.74) is 0.298. The van der Waals surface area contributed by atoms with Gasteiger partial charge in [0.2, 0.25) is 5.91 Å². The highest BCUT2D eigenvalue weighted by Crippen LogP contribution is 2.29. The zero-order valence-electron chi connectivity index (χ0n) is 13.9. The first kappa shape index (κ1) is 19.3. The van der Waals surface area contributed by atoms with Crippen LogP contribution in [0.2, 0.25) is 0 Å². The molecule has 2 aromatic rings. The van der Waals surface area contributed by atoms with Crippen molar-refractivity contribution < 1.29 is 22.8 Å². The van der Waals surface area contributed by atoms with Crippen molar-refractivity contribution in [2.24, 2.45) is 0 Å². The fourth-order valence-corrected chi connectivity index (χ4v) is 2.11. The summed E-state index contributed by atoms with van der Waals surface area (Å²) in [6.07, 6.45) is -4.44. The van der Waals surface area contributed by atoms with Gasteiger partial charge in [-0.1, -0.05) is 30.3 Å². The van der Waals surface area contributed by atoms with Gasteiger partial charge in [0.1, 0.15) is 6.04 Å². The van der Waals surface area contributed by atoms with Crippen LogP contribution in [-0.4, -0.2) is 18.0 Å². The second-order valence-corrected chi connectivity index (χ2v) is 5.60. The Kier molecular flexibility index (Phi) is 6.21. The topological polar surface area (TPSA) is 70.2 Å². The molecular formula is C18H18F3N3O2. The number of carbonyl (C=O) groups is 2. The molecule has 8 heteroatoms. The lowest BCUT2D eigenvalue weighted by atomic mass is 10.2. The van der Waals surface area contributed by atoms with Crippen LogP contribution in [0.4, 0.5) is 23.7 Å². The van der Waals surface area contributed by atoms with E-state index < -0.39 is 23.8 Å². The van der Waals surface area contributed by atoms with E-state index in [1.807, 2.05) is 30.3 Å². The molecule has 138 valence electrons. The number of carbonyl (C=O) groups excluding carboxylic acids is 2. The molecule has 0 fully saturated rings. The van der Waals surface area contributed by atoms with E-state index in [0.29, 0.717) is 6.54 Å². The van der Waals surface area contributed by atoms with Gasteiger partial charge >= 0.3 is 12.2 Å². The van der Waals surface area contributed by atoms with E-state index >= 15 is 0 Å². The van der Waals surface area contributed by atoms with Crippen molar-refractivity contribution >= 4 is 17.6 Å². The smallest absolute Gasteiger partial charge is 0.350 e. The van der Waals surface area contributed by atoms with E-state index in [9.17, 15) is 22.8 Å². The van der Waals surface area contributed by atoms with E-state index in [2.05, 4.69) is 16.0 Å². The quantitative estimate of drug-likeness (QED) is 0.759. The molecule has 0 saturated carbocycles. The molecule has 2 rings (SSSR count). The first-order valence-electron chi connectivity index (χ1n) is 7.82. The first-order valence-corrected chi connectivity index (χ1v) is 7.82. The van der Waals surface area contributed by atoms with Crippen molar-refractivity contribution in [1.82, 2.24) is 10.6 Å². The van der Waals surface area contributed by atoms with Gasteiger partial charge in [-0.3, -0.25) is 4.79 Å². The fourth-order valence-electron chi connectivity index (χ4n) is 2.11. The molecule has 0 saturated heterocycles. The van der Waals surface area contributed by atoms with Crippen LogP contribution in [0.1, 0.15) is 18.1 Å². The van der Waals surface area contributed by atoms with Crippen molar-refractivity contribution in [3.8, 4) is 0 Å². The number of alkyl halides is 3. The number of amides is 3. The number of hydrogen-bond acceptors (Lipinski definition) is 2. The minimum atomic E-state index is -4.44. The van der Waals surface area contributed by atoms with E-state index in [0.717, 1.165) is 29.8 Å². The SMILES string of the molecule is C[C@H](NC(=O)Nc1ccc(C(F)(F)F)cc1)C(=O)NCc1ccccc1. The minimum Gasteiger partial charge on any atom is -0.350 e. The average molecular weight is 365 g/mol. The molecule has 0 aliphatic rings. The highest BCUT2D eigenvalue weighted by molar-refractivity contribution is 5.93. The molecule has 26 heavy (non-hydrogen) atoms. The van der Waals surface area contributed by atoms with Crippen LogP contribution in [0.25, 0.3) is 0 Å². The molecule has 0 bridgehead atoms. The third-order valence-electron chi connectivity index (χ3n) is 3.52. The van der Waals surface area contributed by atoms with Crippen molar-refractivity contribution in [2.45, 2.75) is 25.7 Å². The maximum Gasteiger partial charge on any atom is 0.416 e. The molecule has 0 unspecified atom stereocenters. The maximum atomic E-state index is 12.5. The number of urea groups is 1. The highest BCUT2D eigenvalue weighted by Gasteiger charge is 2.30. The van der Waals surface area contributed by atoms with Crippen molar-refractivity contribution in [2.75, 3.05) is 5.32 Å². The third-order valence-corrected chi connectivity index (χ3v) is 3.52. The standard InChI is InChI=1S/C18H18F3N3O2/c1-12(16(25)22-11-13-5-3-2-4-6-13)23-17(26)24-15-9-7-14(8-10-15)18(19,20)21/h2-10,12H,11H2,1H3,(H,22,25)(H2,23,24,26)/t12-/m0/s1. The Morgan fingerprint density at radius 3 is 2.19 bits per heavy atom. The van der Waals surface area contributed by atoms with E-state index in [-0.39, 0.29) is 11.6 Å². The Balaban J connectivity index is 1.81. The molecule has 3 amide bonds. The van der Waals surface area contributed by atoms with E-state index in [1.165, 1.54) is 6.92 Å². The molecule has 0 spiro atoms. The molecule has 1 atom stereocenters. The van der Waals surface area contributed by atoms with Gasteiger partial charge in [0, 0.05) is 12.2 Å². The second kappa shape index (κ2) is 8.37. The van der Waals surface area contributed by atoms with Gasteiger partial charge < -0.3 is 16.0 Å². The van der Waals surface area contributed by atoms with Crippen molar-refractivity contribution in [1.29, 1.82) is 0 Å². The van der Waals surface area contributed by atoms with E-state index in [1.54, 1.807) is 0 Å². The molecule has 3 N–H and O–H groups in total. The van der Waals surface area contributed by atoms with Crippen LogP contribution in [0.5, 0.6) is 0 Å². The number of halogens is 3. The lowest BCUT2D eigenvalue weighted by Gasteiger charge is -2.15. The lowest BCUT2D eigenvalue weighted by molar-refractivity contribution is -0.137. The Bertz CT molecular complexity index is 747. The van der Waals surface area contributed by atoms with Crippen molar-refractivity contribution in [3.05, 3.63) is 65.7 Å². The van der Waals surface area contributed by atoms with Crippen LogP contribution in [0.3, 0.4) is 0 Å². The molecule has 0 radical (unpaired) electrons. The Morgan fingerprint density at radius 2 is 1.62 bits per heavy atom. The van der Waals surface area contributed by atoms with Gasteiger partial charge in [-0.25, -0.2) is 4.79 Å². The molecule has 5 nitrogen and oxygen atoms in total. The van der Waals surface area contributed by atoms with Crippen LogP contribution in [0.15, 0.2) is 54.6 Å². The molecule has 0 aromatic heterocycles. The third kappa shape index (κ3) is 5.80. The summed E-state index contributed by atoms with van der Waals surface area (Å²) in [5, 5.41) is 7.49. The Hall–Kier alpha value is -3.03. The van der Waals surface area contributed by atoms with Gasteiger partial charge in [-0.15, -0.1) is 0 Å². The number of hydrogen-bond donors (Lipinski definition) is 3. The summed E-state index contributed by atoms with van der Waals surface area (Å²) >= 11 is 0. The summed E-state index contributed by atoms with van der Waals surface area (Å²) in [6, 6.07) is 11.8. The van der Waals surface area contributed by atoms with Crippen molar-refractivity contribution in [3.63, 3.8) is 0 Å². The zero-order valence-corrected chi connectivity index (χ0v) is 13.9. The predicted molar refractivity (Wildman–Crippen MR) is 91.3 cm³/mol. The normalized spacial score (nSPS) is 12.2. The maximum absolute atomic E-state index is 12.5. The van der Waals surface area contributed by atoms with Crippen LogP contribution < -0.4 is 16.0 Å². The number of nitrogens with one attached hydrogen (secondary N) is 3. The minimum absolute atomic E-state index is 0.187. The summed E-state index contributed by atoms with van der Waals surface area (Å²) in [4.78, 5) is 23.8. The Morgan fingerprint density at radius 1 is 1.00 bits per heavy atom. The summed E-state index contributed by atoms with van der Waals surface area (Å²) in [7, 11) is 0. The largest absolute Gasteiger partial charge is 0.416 e. The second-order valence-electron chi connectivity index (χ2n) is 5.60. The van der Waals surface area contributed by atoms with Crippen LogP contribution in [-0.2, 0) is 17.5 Å². The van der Waals surface area contributed by atoms with Gasteiger partial charge in [0.25, 0.3) is 0 Å². The molecule has 0 heterocycles. The van der Waals surface area contributed by atoms with Crippen LogP contribution >= 0.6 is 0 Å². The van der Waals surface area contributed by atoms with Gasteiger partial charge in [-0.2, -0.15) is 13.2 Å². The fraction of sp³-hybridized carbons (Fsp3) is 0.222. The van der Waals surface area contributed by atoms with Crippen LogP contribution in [0, 0.1) is 0 Å². The first-order chi connectivity index (χ1) is 12.3. The number of rotatable bonds is 5. The average Bonchev–Trinajstić information content (AvgIpc) is 2.60. The Labute approximate surface area is 148 Å². The predicted octanol–water partition coefficient (Wildman–Crippen LogP) is 3.53. The molecular weight excluding hydrogens is 347 g/mol. The lowest BCUT2D eigenvalue weighted by Crippen LogP contribution is -2.46. The summed E-state index contributed by atoms with van der Waals surface area (Å²) in [5.74, 6) is -0.378. The molecule has 0 aliphatic heterocycles. The summed E-state index contributed by atoms with van der Waals surface area (Å²) in [6.45, 7) is 1.83. The summed E-state index contributed by atoms with van der Waals surface area (Å²) < 4.78 is 37.5. The van der Waals surface area contributed by atoms with Gasteiger partial charge in [0.05, 0.1) is 5.56 Å². The number of benzene rings is 2. The molecule has 0 aliphatic carbocycles. The monoisotopic (exact) mass is 365 g/mol. The molecule has 2 aromatic carbocycles. The van der Waals surface area contributed by atoms with Gasteiger partial charge in [0.15, 0.2) is 0 Å². The highest BCUT2D eigenvalue weighted by atomic mass is 19.4. The van der Waals surface area contributed by atoms with E-state index in [4.69, 9.17) is 0 Å². The zero-order chi connectivity index (χ0) is 19.2. The van der Waals surface area contributed by atoms with Gasteiger partial charge in [-0.05, 0) is 36.8 Å².